The number of fused-ring (bicyclic) bond motifs is 4. The molecule has 32 nitrogen and oxygen atoms in total. The average Bonchev–Trinajstić information content (AvgIpc) is 1.66. The molecule has 1 fully saturated rings. The Balaban J connectivity index is 0.000000148. The number of unbranched alkanes of at least 4 members (excludes halogenated alkanes) is 3. The second-order valence-electron chi connectivity index (χ2n) is 21.5. The number of thioether (sulfide) groups is 2. The Morgan fingerprint density at radius 1 is 0.541 bits per heavy atom. The van der Waals surface area contributed by atoms with E-state index < -0.39 is 29.5 Å². The molecular formula is C62H64ClN21O11S3. The van der Waals surface area contributed by atoms with Crippen LogP contribution in [0.3, 0.4) is 0 Å². The van der Waals surface area contributed by atoms with Crippen molar-refractivity contribution in [3.8, 4) is 17.5 Å². The predicted octanol–water partition coefficient (Wildman–Crippen LogP) is 12.8. The number of H-pyrrole nitrogens is 1. The number of aromatic nitrogens is 16. The normalized spacial score (nSPS) is 13.4. The molecule has 8 heterocycles. The van der Waals surface area contributed by atoms with Crippen LogP contribution in [0.5, 0.6) is 0 Å². The van der Waals surface area contributed by atoms with E-state index in [0.29, 0.717) is 77.9 Å². The van der Waals surface area contributed by atoms with Gasteiger partial charge in [-0.15, -0.1) is 0 Å². The number of nitrogens with zero attached hydrogens (tertiary/aromatic N) is 19. The predicted molar refractivity (Wildman–Crippen MR) is 370 cm³/mol. The van der Waals surface area contributed by atoms with E-state index in [1.807, 2.05) is 6.92 Å². The molecule has 4 aromatic carbocycles. The van der Waals surface area contributed by atoms with Crippen molar-refractivity contribution in [2.45, 2.75) is 113 Å². The third-order valence-electron chi connectivity index (χ3n) is 14.7. The number of aliphatic hydroxyl groups is 1. The molecule has 1 saturated carbocycles. The molecule has 12 aromatic rings. The summed E-state index contributed by atoms with van der Waals surface area (Å²) in [7, 11) is -3.58. The van der Waals surface area contributed by atoms with Crippen LogP contribution in [0.1, 0.15) is 85.0 Å². The molecule has 36 heteroatoms. The van der Waals surface area contributed by atoms with Crippen molar-refractivity contribution < 1.29 is 33.2 Å². The number of anilines is 1. The highest BCUT2D eigenvalue weighted by Gasteiger charge is 2.24. The van der Waals surface area contributed by atoms with Crippen molar-refractivity contribution in [2.24, 2.45) is 0 Å². The number of hydrogen-bond acceptors (Lipinski definition) is 26. The lowest BCUT2D eigenvalue weighted by molar-refractivity contribution is -0.383. The van der Waals surface area contributed by atoms with E-state index in [4.69, 9.17) is 11.6 Å². The number of hydrogen-bond donors (Lipinski definition) is 3. The highest BCUT2D eigenvalue weighted by molar-refractivity contribution is 7.99. The first-order chi connectivity index (χ1) is 47.4. The van der Waals surface area contributed by atoms with Gasteiger partial charge in [-0.3, -0.25) is 45.6 Å². The van der Waals surface area contributed by atoms with Crippen LogP contribution < -0.4 is 5.32 Å². The highest BCUT2D eigenvalue weighted by atomic mass is 35.5. The van der Waals surface area contributed by atoms with Crippen LogP contribution in [0.25, 0.3) is 61.1 Å². The topological polar surface area (TPSA) is 424 Å². The van der Waals surface area contributed by atoms with Crippen LogP contribution in [0.15, 0.2) is 162 Å². The molecule has 0 unspecified atom stereocenters. The number of aromatic amines is 1. The molecule has 0 saturated heterocycles. The molecule has 0 atom stereocenters. The molecule has 0 bridgehead atoms. The van der Waals surface area contributed by atoms with E-state index in [1.165, 1.54) is 78.8 Å². The maximum atomic E-state index is 12.3. The first-order valence-electron chi connectivity index (χ1n) is 30.7. The number of halogens is 1. The third-order valence-corrected chi connectivity index (χ3v) is 18.4. The molecule has 1 aliphatic carbocycles. The maximum Gasteiger partial charge on any atom is 0.280 e. The van der Waals surface area contributed by atoms with E-state index >= 15 is 0 Å². The van der Waals surface area contributed by atoms with Crippen LogP contribution in [0.2, 0.25) is 5.15 Å². The Hall–Kier alpha value is -10.6. The van der Waals surface area contributed by atoms with Crippen LogP contribution in [0.4, 0.5) is 28.7 Å². The number of aliphatic hydroxyl groups excluding tert-OH is 1. The van der Waals surface area contributed by atoms with Crippen molar-refractivity contribution in [1.29, 1.82) is 0 Å². The number of nitrogens with one attached hydrogen (secondary N) is 2. The van der Waals surface area contributed by atoms with Gasteiger partial charge in [0, 0.05) is 84.8 Å². The van der Waals surface area contributed by atoms with Crippen molar-refractivity contribution in [1.82, 2.24) is 79.4 Å². The van der Waals surface area contributed by atoms with E-state index in [1.54, 1.807) is 118 Å². The van der Waals surface area contributed by atoms with Crippen LogP contribution in [-0.4, -0.2) is 142 Å². The molecule has 13 rings (SSSR count). The summed E-state index contributed by atoms with van der Waals surface area (Å²) in [5.41, 5.74) is 2.48. The monoisotopic (exact) mass is 1410 g/mol. The molecule has 1 aliphatic rings. The van der Waals surface area contributed by atoms with Crippen LogP contribution in [-0.2, 0) is 9.84 Å². The minimum absolute atomic E-state index is 0.0157. The fourth-order valence-corrected chi connectivity index (χ4v) is 13.0. The number of non-ortho nitro benzene ring substituents is 4. The zero-order valence-corrected chi connectivity index (χ0v) is 56.0. The summed E-state index contributed by atoms with van der Waals surface area (Å²) in [5.74, 6) is 3.86. The molecule has 0 radical (unpaired) electrons. The van der Waals surface area contributed by atoms with Crippen molar-refractivity contribution >= 4 is 117 Å². The first-order valence-corrected chi connectivity index (χ1v) is 34.7. The maximum absolute atomic E-state index is 12.3. The Labute approximate surface area is 571 Å². The summed E-state index contributed by atoms with van der Waals surface area (Å²) in [4.78, 5) is 75.7. The van der Waals surface area contributed by atoms with Crippen LogP contribution >= 0.6 is 35.1 Å². The Kier molecular flexibility index (Phi) is 25.1. The van der Waals surface area contributed by atoms with Gasteiger partial charge in [-0.25, -0.2) is 52.4 Å². The molecule has 3 N–H and O–H groups in total. The number of nitro groups is 4. The number of sulfone groups is 1. The van der Waals surface area contributed by atoms with Gasteiger partial charge in [-0.1, -0.05) is 99.4 Å². The van der Waals surface area contributed by atoms with Crippen molar-refractivity contribution in [2.75, 3.05) is 22.6 Å². The lowest BCUT2D eigenvalue weighted by atomic mass is 9.93. The smallest absolute Gasteiger partial charge is 0.280 e. The van der Waals surface area contributed by atoms with Gasteiger partial charge in [-0.2, -0.15) is 30.4 Å². The van der Waals surface area contributed by atoms with E-state index in [-0.39, 0.29) is 51.6 Å². The van der Waals surface area contributed by atoms with Gasteiger partial charge >= 0.3 is 0 Å². The quantitative estimate of drug-likeness (QED) is 0.0150. The van der Waals surface area contributed by atoms with Gasteiger partial charge < -0.3 is 10.4 Å². The second-order valence-corrected chi connectivity index (χ2v) is 26.0. The standard InChI is InChI=1S/C17H18N6O3.C15H15N5O4S.C15H15N5O2S.C8H11ClN2S.C7H5N3O2/c24-12-6-4-11(5-7-12)20-17-18-9-8-16(21-17)22-14-2-1-3-15(23(25)26)13(14)10-19-22;1-2-3-9-25(23,24)15-16-8-7-14(18-15)19-12-5-4-6-13(20(21)22)11(12)10-17-19;1-2-3-9-23-15-16-8-7-14(18-15)19-12-5-4-6-13(20(21)22)11(12)10-17-19;1-2-3-6-12-8-10-5-4-7(9)11-8;11-10(12)7-3-1-2-6-5(7)4-8-9-6/h1-3,8-12,24H,4-7H2,(H,18,20,21);4-8,10H,2-3,9H2,1H3;4-8,10H,2-3,9H2,1H3;4-5H,2-3,6H2,1H3;1-4H,(H,8,9). The van der Waals surface area contributed by atoms with Crippen LogP contribution in [0, 0.1) is 40.5 Å². The minimum atomic E-state index is -3.58. The largest absolute Gasteiger partial charge is 0.393 e. The Morgan fingerprint density at radius 3 is 1.47 bits per heavy atom. The van der Waals surface area contributed by atoms with E-state index in [0.717, 1.165) is 61.6 Å². The van der Waals surface area contributed by atoms with Gasteiger partial charge in [0.25, 0.3) is 22.7 Å². The highest BCUT2D eigenvalue weighted by Crippen LogP contribution is 2.31. The molecule has 0 amide bonds. The zero-order chi connectivity index (χ0) is 69.7. The molecule has 98 heavy (non-hydrogen) atoms. The summed E-state index contributed by atoms with van der Waals surface area (Å²) in [6, 6.07) is 26.1. The van der Waals surface area contributed by atoms with Gasteiger partial charge in [0.2, 0.25) is 20.9 Å². The zero-order valence-electron chi connectivity index (χ0n) is 52.8. The fraction of sp³-hybridized carbons (Fsp3) is 0.290. The van der Waals surface area contributed by atoms with Gasteiger partial charge in [-0.05, 0) is 75.3 Å². The summed E-state index contributed by atoms with van der Waals surface area (Å²) < 4.78 is 29.1. The van der Waals surface area contributed by atoms with E-state index in [9.17, 15) is 54.0 Å². The molecular weight excluding hydrogens is 1350 g/mol. The van der Waals surface area contributed by atoms with Gasteiger partial charge in [0.1, 0.15) is 5.15 Å². The number of nitro benzene ring substituents is 4. The van der Waals surface area contributed by atoms with Crippen molar-refractivity contribution in [3.05, 3.63) is 192 Å². The lowest BCUT2D eigenvalue weighted by Crippen LogP contribution is -2.29. The van der Waals surface area contributed by atoms with Gasteiger partial charge in [0.05, 0.1) is 99.9 Å². The first kappa shape index (κ1) is 71.7. The van der Waals surface area contributed by atoms with Gasteiger partial charge in [0.15, 0.2) is 27.8 Å². The number of rotatable bonds is 21. The summed E-state index contributed by atoms with van der Waals surface area (Å²) in [5, 5.41) is 79.3. The second kappa shape index (κ2) is 34.4. The molecule has 0 spiro atoms. The summed E-state index contributed by atoms with van der Waals surface area (Å²) in [6.07, 6.45) is 21.1. The third kappa shape index (κ3) is 18.5. The number of benzene rings is 4. The summed E-state index contributed by atoms with van der Waals surface area (Å²) >= 11 is 8.94. The average molecular weight is 1410 g/mol. The lowest BCUT2D eigenvalue weighted by Gasteiger charge is -2.26. The molecule has 508 valence electrons. The molecule has 0 aliphatic heterocycles. The Bertz CT molecular complexity index is 4860. The molecule has 8 aromatic heterocycles. The van der Waals surface area contributed by atoms with E-state index in [2.05, 4.69) is 84.5 Å². The fourth-order valence-electron chi connectivity index (χ4n) is 9.73. The Morgan fingerprint density at radius 2 is 0.980 bits per heavy atom. The van der Waals surface area contributed by atoms with Crippen molar-refractivity contribution in [3.63, 3.8) is 0 Å². The summed E-state index contributed by atoms with van der Waals surface area (Å²) in [6.45, 7) is 6.20. The SMILES string of the molecule is CCCCS(=O)(=O)c1nccc(-n2ncc3c([N+](=O)[O-])cccc32)n1.CCCCSc1nccc(-n2ncc3c([N+](=O)[O-])cccc32)n1.CCCCSc1nccc(Cl)n1.O=[N+]([O-])c1cccc2[nH]ncc12.O=[N+]([O-])c1cccc2c1cnn2-c1ccnc(NC2CCC(O)CC2)n1. The minimum Gasteiger partial charge on any atom is -0.393 e.